The standard InChI is InChI=1S/C22H29N3O4S/c1-14(15-6-4-3-5-7-15)13-23-19(26)10-11-25-20(27)17-9-8-16(21(28)29-2)12-18(17)24-22(25)30/h3-7,14,16-18H,8-13H2,1-2H3,(H,23,26)(H,24,30). The Morgan fingerprint density at radius 1 is 1.30 bits per heavy atom. The zero-order valence-electron chi connectivity index (χ0n) is 17.4. The van der Waals surface area contributed by atoms with Crippen LogP contribution >= 0.6 is 12.2 Å². The van der Waals surface area contributed by atoms with Gasteiger partial charge < -0.3 is 15.4 Å². The minimum atomic E-state index is -0.238. The molecule has 162 valence electrons. The first-order valence-corrected chi connectivity index (χ1v) is 10.8. The highest BCUT2D eigenvalue weighted by Gasteiger charge is 2.44. The number of nitrogens with one attached hydrogen (secondary N) is 2. The lowest BCUT2D eigenvalue weighted by Crippen LogP contribution is -2.62. The van der Waals surface area contributed by atoms with Gasteiger partial charge >= 0.3 is 5.97 Å². The van der Waals surface area contributed by atoms with Crippen LogP contribution in [0.3, 0.4) is 0 Å². The Morgan fingerprint density at radius 2 is 2.03 bits per heavy atom. The number of amides is 2. The minimum Gasteiger partial charge on any atom is -0.469 e. The Morgan fingerprint density at radius 3 is 2.73 bits per heavy atom. The first-order valence-electron chi connectivity index (χ1n) is 10.4. The van der Waals surface area contributed by atoms with Crippen LogP contribution in [0.1, 0.15) is 44.1 Å². The molecule has 7 nitrogen and oxygen atoms in total. The second kappa shape index (κ2) is 10.0. The molecule has 30 heavy (non-hydrogen) atoms. The molecule has 0 radical (unpaired) electrons. The highest BCUT2D eigenvalue weighted by Crippen LogP contribution is 2.33. The predicted octanol–water partition coefficient (Wildman–Crippen LogP) is 1.97. The van der Waals surface area contributed by atoms with Gasteiger partial charge in [0.25, 0.3) is 0 Å². The molecule has 3 rings (SSSR count). The molecule has 1 saturated carbocycles. The van der Waals surface area contributed by atoms with Crippen LogP contribution in [0.15, 0.2) is 30.3 Å². The van der Waals surface area contributed by atoms with Crippen LogP contribution < -0.4 is 10.6 Å². The number of rotatable bonds is 7. The fraction of sp³-hybridized carbons (Fsp3) is 0.545. The van der Waals surface area contributed by atoms with E-state index in [1.807, 2.05) is 30.3 Å². The lowest BCUT2D eigenvalue weighted by Gasteiger charge is -2.43. The van der Waals surface area contributed by atoms with E-state index >= 15 is 0 Å². The van der Waals surface area contributed by atoms with Gasteiger partial charge in [-0.15, -0.1) is 0 Å². The molecule has 1 aliphatic carbocycles. The van der Waals surface area contributed by atoms with Crippen molar-refractivity contribution in [2.24, 2.45) is 11.8 Å². The van der Waals surface area contributed by atoms with Crippen molar-refractivity contribution in [2.45, 2.75) is 44.6 Å². The molecule has 0 aromatic heterocycles. The Kier molecular flexibility index (Phi) is 7.42. The molecule has 4 atom stereocenters. The van der Waals surface area contributed by atoms with Crippen molar-refractivity contribution in [3.8, 4) is 0 Å². The summed E-state index contributed by atoms with van der Waals surface area (Å²) in [5.41, 5.74) is 1.17. The molecular weight excluding hydrogens is 402 g/mol. The van der Waals surface area contributed by atoms with Crippen molar-refractivity contribution in [1.82, 2.24) is 15.5 Å². The molecular formula is C22H29N3O4S. The summed E-state index contributed by atoms with van der Waals surface area (Å²) >= 11 is 5.37. The number of methoxy groups -OCH3 is 1. The number of benzene rings is 1. The third-order valence-corrected chi connectivity index (χ3v) is 6.40. The molecule has 1 heterocycles. The average molecular weight is 432 g/mol. The van der Waals surface area contributed by atoms with Crippen LogP contribution in [0.5, 0.6) is 0 Å². The van der Waals surface area contributed by atoms with E-state index in [0.717, 1.165) is 0 Å². The third kappa shape index (κ3) is 5.16. The maximum absolute atomic E-state index is 12.9. The van der Waals surface area contributed by atoms with Crippen molar-refractivity contribution >= 4 is 35.1 Å². The van der Waals surface area contributed by atoms with Gasteiger partial charge in [-0.25, -0.2) is 0 Å². The quantitative estimate of drug-likeness (QED) is 0.507. The Hall–Kier alpha value is -2.48. The van der Waals surface area contributed by atoms with Crippen molar-refractivity contribution < 1.29 is 19.1 Å². The molecule has 2 amide bonds. The molecule has 1 saturated heterocycles. The van der Waals surface area contributed by atoms with Gasteiger partial charge in [0.15, 0.2) is 5.11 Å². The molecule has 1 aliphatic heterocycles. The van der Waals surface area contributed by atoms with Gasteiger partial charge in [0.1, 0.15) is 0 Å². The van der Waals surface area contributed by atoms with Crippen LogP contribution in [-0.2, 0) is 19.1 Å². The number of esters is 1. The summed E-state index contributed by atoms with van der Waals surface area (Å²) in [4.78, 5) is 38.6. The van der Waals surface area contributed by atoms with Crippen LogP contribution in [-0.4, -0.2) is 54.0 Å². The SMILES string of the molecule is COC(=O)C1CCC2C(=O)N(CCC(=O)NCC(C)c3ccccc3)C(=S)NC2C1. The molecule has 1 aromatic carbocycles. The summed E-state index contributed by atoms with van der Waals surface area (Å²) < 4.78 is 4.84. The second-order valence-corrected chi connectivity index (χ2v) is 8.44. The molecule has 0 spiro atoms. The van der Waals surface area contributed by atoms with Gasteiger partial charge in [-0.3, -0.25) is 19.3 Å². The molecule has 8 heteroatoms. The van der Waals surface area contributed by atoms with E-state index in [0.29, 0.717) is 30.9 Å². The van der Waals surface area contributed by atoms with Gasteiger partial charge in [0, 0.05) is 25.6 Å². The lowest BCUT2D eigenvalue weighted by atomic mass is 9.76. The summed E-state index contributed by atoms with van der Waals surface area (Å²) in [6.45, 7) is 2.85. The van der Waals surface area contributed by atoms with E-state index in [1.165, 1.54) is 17.6 Å². The normalized spacial score (nSPS) is 24.5. The van der Waals surface area contributed by atoms with Gasteiger partial charge in [-0.2, -0.15) is 0 Å². The van der Waals surface area contributed by atoms with Crippen molar-refractivity contribution in [3.63, 3.8) is 0 Å². The number of fused-ring (bicyclic) bond motifs is 1. The molecule has 1 aromatic rings. The van der Waals surface area contributed by atoms with Gasteiger partial charge in [-0.05, 0) is 43.0 Å². The number of ether oxygens (including phenoxy) is 1. The Balaban J connectivity index is 1.48. The molecule has 4 unspecified atom stereocenters. The summed E-state index contributed by atoms with van der Waals surface area (Å²) in [7, 11) is 1.38. The smallest absolute Gasteiger partial charge is 0.308 e. The van der Waals surface area contributed by atoms with Gasteiger partial charge in [0.05, 0.1) is 18.9 Å². The van der Waals surface area contributed by atoms with Crippen molar-refractivity contribution in [3.05, 3.63) is 35.9 Å². The first-order chi connectivity index (χ1) is 14.4. The summed E-state index contributed by atoms with van der Waals surface area (Å²) in [5.74, 6) is -0.623. The fourth-order valence-electron chi connectivity index (χ4n) is 4.22. The summed E-state index contributed by atoms with van der Waals surface area (Å²) in [5, 5.41) is 6.47. The number of hydrogen-bond acceptors (Lipinski definition) is 5. The predicted molar refractivity (Wildman–Crippen MR) is 117 cm³/mol. The monoisotopic (exact) mass is 431 g/mol. The van der Waals surface area contributed by atoms with E-state index in [9.17, 15) is 14.4 Å². The number of hydrogen-bond donors (Lipinski definition) is 2. The summed E-state index contributed by atoms with van der Waals surface area (Å²) in [6, 6.07) is 9.86. The lowest BCUT2D eigenvalue weighted by molar-refractivity contribution is -0.149. The first kappa shape index (κ1) is 22.2. The van der Waals surface area contributed by atoms with E-state index in [-0.39, 0.29) is 54.5 Å². The van der Waals surface area contributed by atoms with Crippen LogP contribution in [0.4, 0.5) is 0 Å². The van der Waals surface area contributed by atoms with E-state index in [4.69, 9.17) is 17.0 Å². The Bertz CT molecular complexity index is 801. The molecule has 2 N–H and O–H groups in total. The zero-order valence-corrected chi connectivity index (χ0v) is 18.2. The van der Waals surface area contributed by atoms with Crippen LogP contribution in [0.2, 0.25) is 0 Å². The highest BCUT2D eigenvalue weighted by molar-refractivity contribution is 7.80. The van der Waals surface area contributed by atoms with Crippen molar-refractivity contribution in [2.75, 3.05) is 20.2 Å². The largest absolute Gasteiger partial charge is 0.469 e. The number of nitrogens with zero attached hydrogens (tertiary/aromatic N) is 1. The van der Waals surface area contributed by atoms with E-state index < -0.39 is 0 Å². The second-order valence-electron chi connectivity index (χ2n) is 8.05. The number of thiocarbonyl (C=S) groups is 1. The minimum absolute atomic E-state index is 0.0579. The van der Waals surface area contributed by atoms with E-state index in [1.54, 1.807) is 0 Å². The molecule has 0 bridgehead atoms. The topological polar surface area (TPSA) is 87.7 Å². The fourth-order valence-corrected chi connectivity index (χ4v) is 4.56. The average Bonchev–Trinajstić information content (AvgIpc) is 2.76. The molecule has 2 fully saturated rings. The highest BCUT2D eigenvalue weighted by atomic mass is 32.1. The third-order valence-electron chi connectivity index (χ3n) is 6.06. The van der Waals surface area contributed by atoms with Crippen LogP contribution in [0, 0.1) is 11.8 Å². The van der Waals surface area contributed by atoms with Gasteiger partial charge in [-0.1, -0.05) is 37.3 Å². The molecule has 2 aliphatic rings. The number of carbonyl (C=O) groups is 3. The van der Waals surface area contributed by atoms with Crippen LogP contribution in [0.25, 0.3) is 0 Å². The maximum atomic E-state index is 12.9. The van der Waals surface area contributed by atoms with Gasteiger partial charge in [0.2, 0.25) is 11.8 Å². The Labute approximate surface area is 182 Å². The number of carbonyl (C=O) groups excluding carboxylic acids is 3. The summed E-state index contributed by atoms with van der Waals surface area (Å²) in [6.07, 6.45) is 1.96. The van der Waals surface area contributed by atoms with Crippen molar-refractivity contribution in [1.29, 1.82) is 0 Å². The zero-order chi connectivity index (χ0) is 21.7. The van der Waals surface area contributed by atoms with E-state index in [2.05, 4.69) is 17.6 Å². The maximum Gasteiger partial charge on any atom is 0.308 e.